The fourth-order valence-electron chi connectivity index (χ4n) is 3.42. The predicted molar refractivity (Wildman–Crippen MR) is 89.1 cm³/mol. The van der Waals surface area contributed by atoms with Gasteiger partial charge in [-0.15, -0.1) is 11.8 Å². The van der Waals surface area contributed by atoms with Crippen molar-refractivity contribution in [3.05, 3.63) is 0 Å². The molecular formula is C17H25NO4S. The number of amides is 2. The number of Topliss-reactive ketones (excluding diaryl/α,β-unsaturated/α-hetero) is 2. The highest BCUT2D eigenvalue weighted by atomic mass is 32.2. The lowest BCUT2D eigenvalue weighted by Crippen LogP contribution is -2.35. The van der Waals surface area contributed by atoms with Crippen molar-refractivity contribution in [2.24, 2.45) is 5.41 Å². The molecule has 0 N–H and O–H groups in total. The summed E-state index contributed by atoms with van der Waals surface area (Å²) < 4.78 is 0. The molecule has 0 aromatic rings. The first-order valence-corrected chi connectivity index (χ1v) is 9.60. The molecule has 1 aliphatic carbocycles. The second-order valence-corrected chi connectivity index (χ2v) is 7.53. The van der Waals surface area contributed by atoms with Crippen molar-refractivity contribution in [1.82, 2.24) is 4.90 Å². The second-order valence-electron chi connectivity index (χ2n) is 6.54. The molecule has 2 rings (SSSR count). The van der Waals surface area contributed by atoms with E-state index < -0.39 is 5.41 Å². The molecule has 1 aliphatic heterocycles. The van der Waals surface area contributed by atoms with E-state index in [2.05, 4.69) is 0 Å². The summed E-state index contributed by atoms with van der Waals surface area (Å²) >= 11 is 1.35. The Morgan fingerprint density at radius 3 is 2.43 bits per heavy atom. The summed E-state index contributed by atoms with van der Waals surface area (Å²) in [4.78, 5) is 48.9. The monoisotopic (exact) mass is 339 g/mol. The lowest BCUT2D eigenvalue weighted by Gasteiger charge is -2.20. The lowest BCUT2D eigenvalue weighted by molar-refractivity contribution is -0.141. The SMILES string of the molecule is CCC(=O)CSCC(=O)CCCN1C(=O)CC2(CCCC2)C1=O. The molecule has 1 spiro atoms. The van der Waals surface area contributed by atoms with Crippen LogP contribution >= 0.6 is 11.8 Å². The van der Waals surface area contributed by atoms with E-state index in [1.54, 1.807) is 0 Å². The summed E-state index contributed by atoms with van der Waals surface area (Å²) in [5.41, 5.74) is -0.419. The van der Waals surface area contributed by atoms with Gasteiger partial charge in [-0.1, -0.05) is 19.8 Å². The summed E-state index contributed by atoms with van der Waals surface area (Å²) in [6.07, 6.45) is 5.45. The standard InChI is InChI=1S/C17H25NO4S/c1-2-13(19)11-23-12-14(20)6-5-9-18-15(21)10-17(16(18)22)7-3-4-8-17/h2-12H2,1H3. The Morgan fingerprint density at radius 1 is 1.13 bits per heavy atom. The summed E-state index contributed by atoms with van der Waals surface area (Å²) in [5, 5.41) is 0. The molecule has 23 heavy (non-hydrogen) atoms. The minimum atomic E-state index is -0.419. The van der Waals surface area contributed by atoms with E-state index in [4.69, 9.17) is 0 Å². The van der Waals surface area contributed by atoms with E-state index in [0.29, 0.717) is 43.7 Å². The van der Waals surface area contributed by atoms with E-state index in [1.807, 2.05) is 6.92 Å². The second kappa shape index (κ2) is 8.08. The maximum atomic E-state index is 12.5. The Balaban J connectivity index is 1.70. The van der Waals surface area contributed by atoms with E-state index in [1.165, 1.54) is 16.7 Å². The maximum absolute atomic E-state index is 12.5. The van der Waals surface area contributed by atoms with Crippen molar-refractivity contribution < 1.29 is 19.2 Å². The first-order chi connectivity index (χ1) is 11.0. The molecule has 2 aliphatic rings. The van der Waals surface area contributed by atoms with Crippen molar-refractivity contribution >= 4 is 35.1 Å². The third-order valence-electron chi connectivity index (χ3n) is 4.81. The largest absolute Gasteiger partial charge is 0.299 e. The van der Waals surface area contributed by atoms with Crippen molar-refractivity contribution in [3.8, 4) is 0 Å². The Hall–Kier alpha value is -1.17. The van der Waals surface area contributed by atoms with Crippen molar-refractivity contribution in [3.63, 3.8) is 0 Å². The van der Waals surface area contributed by atoms with E-state index in [-0.39, 0.29) is 23.4 Å². The number of ketones is 2. The fraction of sp³-hybridized carbons (Fsp3) is 0.765. The van der Waals surface area contributed by atoms with Crippen LogP contribution in [-0.2, 0) is 19.2 Å². The fourth-order valence-corrected chi connectivity index (χ4v) is 4.32. The minimum absolute atomic E-state index is 0.0182. The number of nitrogens with zero attached hydrogens (tertiary/aromatic N) is 1. The van der Waals surface area contributed by atoms with Crippen LogP contribution in [-0.4, -0.2) is 46.3 Å². The highest BCUT2D eigenvalue weighted by Gasteiger charge is 2.52. The lowest BCUT2D eigenvalue weighted by atomic mass is 9.84. The van der Waals surface area contributed by atoms with Crippen LogP contribution in [0, 0.1) is 5.41 Å². The zero-order chi connectivity index (χ0) is 16.9. The topological polar surface area (TPSA) is 71.5 Å². The van der Waals surface area contributed by atoms with Gasteiger partial charge in [-0.25, -0.2) is 0 Å². The van der Waals surface area contributed by atoms with Gasteiger partial charge in [0, 0.05) is 25.8 Å². The highest BCUT2D eigenvalue weighted by Crippen LogP contribution is 2.46. The number of hydrogen-bond acceptors (Lipinski definition) is 5. The third-order valence-corrected chi connectivity index (χ3v) is 5.86. The maximum Gasteiger partial charge on any atom is 0.235 e. The number of imide groups is 1. The molecule has 128 valence electrons. The Morgan fingerprint density at radius 2 is 1.78 bits per heavy atom. The highest BCUT2D eigenvalue weighted by molar-refractivity contribution is 8.00. The molecule has 1 saturated carbocycles. The average Bonchev–Trinajstić information content (AvgIpc) is 3.08. The summed E-state index contributed by atoms with van der Waals surface area (Å²) in [5.74, 6) is 0.847. The predicted octanol–water partition coefficient (Wildman–Crippen LogP) is 2.37. The van der Waals surface area contributed by atoms with Gasteiger partial charge in [-0.2, -0.15) is 0 Å². The van der Waals surface area contributed by atoms with Crippen LogP contribution in [0.4, 0.5) is 0 Å². The average molecular weight is 339 g/mol. The van der Waals surface area contributed by atoms with Gasteiger partial charge >= 0.3 is 0 Å². The minimum Gasteiger partial charge on any atom is -0.299 e. The number of carbonyl (C=O) groups is 4. The van der Waals surface area contributed by atoms with Crippen LogP contribution < -0.4 is 0 Å². The van der Waals surface area contributed by atoms with Gasteiger partial charge < -0.3 is 0 Å². The number of carbonyl (C=O) groups excluding carboxylic acids is 4. The van der Waals surface area contributed by atoms with Crippen LogP contribution in [0.5, 0.6) is 0 Å². The molecule has 0 atom stereocenters. The van der Waals surface area contributed by atoms with Gasteiger partial charge in [0.1, 0.15) is 11.6 Å². The van der Waals surface area contributed by atoms with Crippen LogP contribution in [0.25, 0.3) is 0 Å². The number of thioether (sulfide) groups is 1. The Bertz CT molecular complexity index is 497. The molecule has 0 radical (unpaired) electrons. The molecule has 5 nitrogen and oxygen atoms in total. The van der Waals surface area contributed by atoms with Gasteiger partial charge in [-0.3, -0.25) is 24.1 Å². The quantitative estimate of drug-likeness (QED) is 0.603. The van der Waals surface area contributed by atoms with Crippen LogP contribution in [0.3, 0.4) is 0 Å². The molecular weight excluding hydrogens is 314 g/mol. The molecule has 2 fully saturated rings. The first kappa shape index (κ1) is 18.2. The van der Waals surface area contributed by atoms with Crippen LogP contribution in [0.1, 0.15) is 58.3 Å². The van der Waals surface area contributed by atoms with Crippen molar-refractivity contribution in [2.75, 3.05) is 18.1 Å². The van der Waals surface area contributed by atoms with Crippen LogP contribution in [0.15, 0.2) is 0 Å². The number of likely N-dealkylation sites (tertiary alicyclic amines) is 1. The van der Waals surface area contributed by atoms with Crippen molar-refractivity contribution in [1.29, 1.82) is 0 Å². The number of rotatable bonds is 9. The van der Waals surface area contributed by atoms with Gasteiger partial charge in [0.2, 0.25) is 11.8 Å². The molecule has 0 bridgehead atoms. The summed E-state index contributed by atoms with van der Waals surface area (Å²) in [7, 11) is 0. The van der Waals surface area contributed by atoms with Crippen molar-refractivity contribution in [2.45, 2.75) is 58.3 Å². The van der Waals surface area contributed by atoms with Gasteiger partial charge in [0.05, 0.1) is 16.9 Å². The zero-order valence-electron chi connectivity index (χ0n) is 13.8. The summed E-state index contributed by atoms with van der Waals surface area (Å²) in [6, 6.07) is 0. The third kappa shape index (κ3) is 4.43. The Labute approximate surface area is 141 Å². The molecule has 0 aromatic carbocycles. The van der Waals surface area contributed by atoms with Gasteiger partial charge in [-0.05, 0) is 19.3 Å². The normalized spacial score (nSPS) is 19.8. The van der Waals surface area contributed by atoms with Gasteiger partial charge in [0.25, 0.3) is 0 Å². The van der Waals surface area contributed by atoms with E-state index in [9.17, 15) is 19.2 Å². The van der Waals surface area contributed by atoms with Crippen LogP contribution in [0.2, 0.25) is 0 Å². The molecule has 0 unspecified atom stereocenters. The van der Waals surface area contributed by atoms with Gasteiger partial charge in [0.15, 0.2) is 0 Å². The zero-order valence-corrected chi connectivity index (χ0v) is 14.6. The molecule has 1 heterocycles. The smallest absolute Gasteiger partial charge is 0.235 e. The number of hydrogen-bond donors (Lipinski definition) is 0. The molecule has 0 aromatic heterocycles. The molecule has 6 heteroatoms. The van der Waals surface area contributed by atoms with E-state index in [0.717, 1.165) is 25.7 Å². The van der Waals surface area contributed by atoms with E-state index >= 15 is 0 Å². The Kier molecular flexibility index (Phi) is 6.39. The summed E-state index contributed by atoms with van der Waals surface area (Å²) in [6.45, 7) is 2.16. The first-order valence-electron chi connectivity index (χ1n) is 8.44. The molecule has 1 saturated heterocycles. The molecule has 2 amide bonds.